The van der Waals surface area contributed by atoms with Gasteiger partial charge in [0.15, 0.2) is 0 Å². The maximum Gasteiger partial charge on any atom is 0.0837 e. The summed E-state index contributed by atoms with van der Waals surface area (Å²) in [5.41, 5.74) is -0.451. The van der Waals surface area contributed by atoms with Crippen LogP contribution in [0, 0.1) is 17.8 Å². The van der Waals surface area contributed by atoms with E-state index in [1.807, 2.05) is 0 Å². The molecule has 0 aromatic carbocycles. The first-order valence-corrected chi connectivity index (χ1v) is 6.35. The molecular formula is C13H24O2. The minimum absolute atomic E-state index is 0.349. The number of ether oxygens (including phenoxy) is 1. The van der Waals surface area contributed by atoms with E-state index in [-0.39, 0.29) is 0 Å². The molecule has 15 heavy (non-hydrogen) atoms. The molecule has 1 heterocycles. The molecule has 2 nitrogen and oxygen atoms in total. The molecule has 0 aromatic rings. The van der Waals surface area contributed by atoms with Gasteiger partial charge in [-0.3, -0.25) is 0 Å². The summed E-state index contributed by atoms with van der Waals surface area (Å²) in [6, 6.07) is 0. The average molecular weight is 212 g/mol. The van der Waals surface area contributed by atoms with Crippen molar-refractivity contribution in [1.29, 1.82) is 0 Å². The Bertz CT molecular complexity index is 219. The van der Waals surface area contributed by atoms with Gasteiger partial charge in [0.2, 0.25) is 0 Å². The fraction of sp³-hybridized carbons (Fsp3) is 1.00. The first-order valence-electron chi connectivity index (χ1n) is 6.35. The van der Waals surface area contributed by atoms with Gasteiger partial charge < -0.3 is 9.84 Å². The molecule has 1 saturated carbocycles. The van der Waals surface area contributed by atoms with Gasteiger partial charge in [0.25, 0.3) is 0 Å². The van der Waals surface area contributed by atoms with E-state index in [0.29, 0.717) is 23.9 Å². The molecule has 2 heteroatoms. The van der Waals surface area contributed by atoms with Gasteiger partial charge in [-0.2, -0.15) is 0 Å². The molecule has 1 saturated heterocycles. The quantitative estimate of drug-likeness (QED) is 0.729. The van der Waals surface area contributed by atoms with Crippen molar-refractivity contribution in [2.45, 2.75) is 58.2 Å². The molecular weight excluding hydrogens is 188 g/mol. The van der Waals surface area contributed by atoms with Gasteiger partial charge in [-0.05, 0) is 30.6 Å². The molecule has 4 atom stereocenters. The topological polar surface area (TPSA) is 32.8 Å². The predicted octanol–water partition coefficient (Wildman–Crippen LogP) is 2.60. The van der Waals surface area contributed by atoms with Gasteiger partial charge in [0.1, 0.15) is 0 Å². The lowest BCUT2D eigenvalue weighted by atomic mass is 9.65. The zero-order chi connectivity index (χ0) is 11.1. The fourth-order valence-electron chi connectivity index (χ4n) is 3.36. The number of rotatable bonds is 3. The van der Waals surface area contributed by atoms with Crippen LogP contribution in [0.2, 0.25) is 0 Å². The van der Waals surface area contributed by atoms with Crippen molar-refractivity contribution in [3.63, 3.8) is 0 Å². The van der Waals surface area contributed by atoms with Gasteiger partial charge in [0.05, 0.1) is 18.3 Å². The number of aliphatic hydroxyl groups is 1. The van der Waals surface area contributed by atoms with Crippen LogP contribution < -0.4 is 0 Å². The van der Waals surface area contributed by atoms with Crippen LogP contribution in [0.15, 0.2) is 0 Å². The SMILES string of the molecule is CC(C)[C@@H]1CC[C@@H](C)C[C@@]1(O)CC1CO1. The smallest absolute Gasteiger partial charge is 0.0837 e. The fourth-order valence-corrected chi connectivity index (χ4v) is 3.36. The first kappa shape index (κ1) is 11.4. The minimum Gasteiger partial charge on any atom is -0.389 e. The predicted molar refractivity (Wildman–Crippen MR) is 60.6 cm³/mol. The van der Waals surface area contributed by atoms with E-state index in [0.717, 1.165) is 19.4 Å². The van der Waals surface area contributed by atoms with Gasteiger partial charge in [-0.1, -0.05) is 27.2 Å². The minimum atomic E-state index is -0.451. The number of hydrogen-bond acceptors (Lipinski definition) is 2. The normalized spacial score (nSPS) is 45.8. The second-order valence-corrected chi connectivity index (χ2v) is 6.00. The Hall–Kier alpha value is -0.0800. The molecule has 1 aliphatic carbocycles. The molecule has 0 aromatic heterocycles. The lowest BCUT2D eigenvalue weighted by molar-refractivity contribution is -0.0893. The highest BCUT2D eigenvalue weighted by Crippen LogP contribution is 2.44. The van der Waals surface area contributed by atoms with E-state index >= 15 is 0 Å². The third-order valence-electron chi connectivity index (χ3n) is 4.15. The van der Waals surface area contributed by atoms with Crippen LogP contribution in [0.1, 0.15) is 46.5 Å². The second kappa shape index (κ2) is 4.06. The summed E-state index contributed by atoms with van der Waals surface area (Å²) >= 11 is 0. The summed E-state index contributed by atoms with van der Waals surface area (Å²) < 4.78 is 5.28. The molecule has 0 radical (unpaired) electrons. The zero-order valence-electron chi connectivity index (χ0n) is 10.2. The monoisotopic (exact) mass is 212 g/mol. The van der Waals surface area contributed by atoms with E-state index in [1.54, 1.807) is 0 Å². The lowest BCUT2D eigenvalue weighted by Gasteiger charge is -2.44. The summed E-state index contributed by atoms with van der Waals surface area (Å²) in [7, 11) is 0. The van der Waals surface area contributed by atoms with E-state index in [4.69, 9.17) is 4.74 Å². The van der Waals surface area contributed by atoms with E-state index < -0.39 is 5.60 Å². The van der Waals surface area contributed by atoms with Crippen molar-refractivity contribution in [3.8, 4) is 0 Å². The molecule has 0 spiro atoms. The summed E-state index contributed by atoms with van der Waals surface area (Å²) in [5.74, 6) is 1.72. The maximum atomic E-state index is 10.8. The Morgan fingerprint density at radius 2 is 2.07 bits per heavy atom. The second-order valence-electron chi connectivity index (χ2n) is 6.00. The molecule has 0 bridgehead atoms. The first-order chi connectivity index (χ1) is 7.01. The molecule has 0 amide bonds. The van der Waals surface area contributed by atoms with E-state index in [1.165, 1.54) is 12.8 Å². The van der Waals surface area contributed by atoms with Gasteiger partial charge >= 0.3 is 0 Å². The van der Waals surface area contributed by atoms with Gasteiger partial charge in [-0.25, -0.2) is 0 Å². The number of hydrogen-bond donors (Lipinski definition) is 1. The van der Waals surface area contributed by atoms with Crippen molar-refractivity contribution in [2.24, 2.45) is 17.8 Å². The van der Waals surface area contributed by atoms with Crippen LogP contribution in [0.25, 0.3) is 0 Å². The Morgan fingerprint density at radius 3 is 2.60 bits per heavy atom. The van der Waals surface area contributed by atoms with Crippen molar-refractivity contribution < 1.29 is 9.84 Å². The highest BCUT2D eigenvalue weighted by atomic mass is 16.6. The van der Waals surface area contributed by atoms with Crippen LogP contribution in [-0.2, 0) is 4.74 Å². The van der Waals surface area contributed by atoms with E-state index in [9.17, 15) is 5.11 Å². The molecule has 2 fully saturated rings. The standard InChI is InChI=1S/C13H24O2/c1-9(2)12-5-4-10(3)6-13(12,14)7-11-8-15-11/h9-12,14H,4-8H2,1-3H3/t10-,11?,12+,13-/m1/s1. The van der Waals surface area contributed by atoms with Gasteiger partial charge in [-0.15, -0.1) is 0 Å². The molecule has 1 N–H and O–H groups in total. The Morgan fingerprint density at radius 1 is 1.40 bits per heavy atom. The van der Waals surface area contributed by atoms with Crippen molar-refractivity contribution >= 4 is 0 Å². The number of epoxide rings is 1. The summed E-state index contributed by atoms with van der Waals surface area (Å²) in [6.45, 7) is 7.59. The van der Waals surface area contributed by atoms with Gasteiger partial charge in [0, 0.05) is 6.42 Å². The van der Waals surface area contributed by atoms with Crippen LogP contribution in [0.3, 0.4) is 0 Å². The van der Waals surface area contributed by atoms with E-state index in [2.05, 4.69) is 20.8 Å². The average Bonchev–Trinajstić information content (AvgIpc) is 2.86. The Kier molecular flexibility index (Phi) is 3.09. The molecule has 88 valence electrons. The third-order valence-corrected chi connectivity index (χ3v) is 4.15. The highest BCUT2D eigenvalue weighted by Gasteiger charge is 2.46. The molecule has 2 aliphatic rings. The molecule has 1 unspecified atom stereocenters. The lowest BCUT2D eigenvalue weighted by Crippen LogP contribution is -2.46. The van der Waals surface area contributed by atoms with Crippen LogP contribution in [0.5, 0.6) is 0 Å². The van der Waals surface area contributed by atoms with Crippen LogP contribution >= 0.6 is 0 Å². The maximum absolute atomic E-state index is 10.8. The van der Waals surface area contributed by atoms with Crippen molar-refractivity contribution in [2.75, 3.05) is 6.61 Å². The largest absolute Gasteiger partial charge is 0.389 e. The Balaban J connectivity index is 2.06. The third kappa shape index (κ3) is 2.54. The van der Waals surface area contributed by atoms with Crippen molar-refractivity contribution in [1.82, 2.24) is 0 Å². The zero-order valence-corrected chi connectivity index (χ0v) is 10.2. The summed E-state index contributed by atoms with van der Waals surface area (Å²) in [6.07, 6.45) is 4.63. The summed E-state index contributed by atoms with van der Waals surface area (Å²) in [4.78, 5) is 0. The highest BCUT2D eigenvalue weighted by molar-refractivity contribution is 4.96. The van der Waals surface area contributed by atoms with Crippen LogP contribution in [0.4, 0.5) is 0 Å². The molecule has 2 rings (SSSR count). The Labute approximate surface area is 93.0 Å². The summed E-state index contributed by atoms with van der Waals surface area (Å²) in [5, 5.41) is 10.8. The van der Waals surface area contributed by atoms with Crippen LogP contribution in [-0.4, -0.2) is 23.4 Å². The van der Waals surface area contributed by atoms with Crippen molar-refractivity contribution in [3.05, 3.63) is 0 Å². The molecule has 1 aliphatic heterocycles.